The summed E-state index contributed by atoms with van der Waals surface area (Å²) in [6.45, 7) is -1.12. The van der Waals surface area contributed by atoms with Crippen LogP contribution in [0.5, 0.6) is 11.5 Å². The summed E-state index contributed by atoms with van der Waals surface area (Å²) in [4.78, 5) is 12.1. The van der Waals surface area contributed by atoms with Crippen LogP contribution in [0, 0.1) is 5.92 Å². The van der Waals surface area contributed by atoms with Gasteiger partial charge in [-0.15, -0.1) is 0 Å². The van der Waals surface area contributed by atoms with Crippen LogP contribution in [0.15, 0.2) is 18.2 Å². The van der Waals surface area contributed by atoms with Gasteiger partial charge in [0, 0.05) is 18.5 Å². The minimum Gasteiger partial charge on any atom is -0.493 e. The molecule has 8 heteroatoms. The summed E-state index contributed by atoms with van der Waals surface area (Å²) < 4.78 is 46.4. The molecule has 0 saturated heterocycles. The molecular weight excluding hydrogens is 325 g/mol. The van der Waals surface area contributed by atoms with Gasteiger partial charge in [-0.2, -0.15) is 13.2 Å². The number of carbonyl (C=O) groups excluding carboxylic acids is 1. The number of hydrogen-bond donors (Lipinski definition) is 2. The molecule has 1 saturated carbocycles. The van der Waals surface area contributed by atoms with Crippen molar-refractivity contribution < 1.29 is 27.4 Å². The van der Waals surface area contributed by atoms with Crippen LogP contribution in [-0.4, -0.2) is 31.8 Å². The van der Waals surface area contributed by atoms with E-state index in [1.54, 1.807) is 12.1 Å². The number of nitrogens with one attached hydrogen (secondary N) is 1. The second-order valence-electron chi connectivity index (χ2n) is 5.88. The Bertz CT molecular complexity index is 578. The molecule has 24 heavy (non-hydrogen) atoms. The molecule has 0 bridgehead atoms. The SMILES string of the molecule is COc1cc(CNC(=O)C2CCC(N)C2)ccc1OCC(F)(F)F. The van der Waals surface area contributed by atoms with Gasteiger partial charge in [-0.05, 0) is 37.0 Å². The molecule has 3 N–H and O–H groups in total. The number of rotatable bonds is 6. The zero-order chi connectivity index (χ0) is 17.7. The van der Waals surface area contributed by atoms with Gasteiger partial charge in [-0.1, -0.05) is 6.07 Å². The third kappa shape index (κ3) is 5.30. The minimum atomic E-state index is -4.42. The van der Waals surface area contributed by atoms with Crippen LogP contribution in [0.1, 0.15) is 24.8 Å². The molecule has 1 aliphatic rings. The number of carbonyl (C=O) groups is 1. The van der Waals surface area contributed by atoms with Gasteiger partial charge in [0.15, 0.2) is 18.1 Å². The first-order chi connectivity index (χ1) is 11.3. The van der Waals surface area contributed by atoms with Crippen LogP contribution in [0.3, 0.4) is 0 Å². The molecule has 1 aliphatic carbocycles. The van der Waals surface area contributed by atoms with Gasteiger partial charge in [0.05, 0.1) is 7.11 Å². The first-order valence-corrected chi connectivity index (χ1v) is 7.68. The Hall–Kier alpha value is -1.96. The van der Waals surface area contributed by atoms with Gasteiger partial charge in [-0.25, -0.2) is 0 Å². The number of nitrogens with two attached hydrogens (primary N) is 1. The number of methoxy groups -OCH3 is 1. The van der Waals surface area contributed by atoms with Crippen molar-refractivity contribution in [2.45, 2.75) is 38.0 Å². The lowest BCUT2D eigenvalue weighted by Crippen LogP contribution is -2.30. The quantitative estimate of drug-likeness (QED) is 0.829. The molecule has 0 aliphatic heterocycles. The summed E-state index contributed by atoms with van der Waals surface area (Å²) in [6, 6.07) is 4.62. The van der Waals surface area contributed by atoms with E-state index < -0.39 is 12.8 Å². The second kappa shape index (κ2) is 7.74. The maximum Gasteiger partial charge on any atom is 0.422 e. The summed E-state index contributed by atoms with van der Waals surface area (Å²) in [7, 11) is 1.35. The second-order valence-corrected chi connectivity index (χ2v) is 5.88. The molecule has 134 valence electrons. The van der Waals surface area contributed by atoms with Gasteiger partial charge in [-0.3, -0.25) is 4.79 Å². The van der Waals surface area contributed by atoms with Crippen LogP contribution in [0.25, 0.3) is 0 Å². The third-order valence-electron chi connectivity index (χ3n) is 3.93. The minimum absolute atomic E-state index is 0.00617. The molecule has 1 fully saturated rings. The maximum absolute atomic E-state index is 12.2. The monoisotopic (exact) mass is 346 g/mol. The highest BCUT2D eigenvalue weighted by atomic mass is 19.4. The van der Waals surface area contributed by atoms with Crippen molar-refractivity contribution >= 4 is 5.91 Å². The van der Waals surface area contributed by atoms with Gasteiger partial charge >= 0.3 is 6.18 Å². The summed E-state index contributed by atoms with van der Waals surface area (Å²) in [5.41, 5.74) is 6.50. The molecule has 0 spiro atoms. The average molecular weight is 346 g/mol. The number of ether oxygens (including phenoxy) is 2. The number of amides is 1. The molecule has 2 unspecified atom stereocenters. The molecule has 1 aromatic carbocycles. The van der Waals surface area contributed by atoms with Gasteiger partial charge in [0.25, 0.3) is 0 Å². The van der Waals surface area contributed by atoms with E-state index in [1.165, 1.54) is 13.2 Å². The Labute approximate surface area is 138 Å². The summed E-state index contributed by atoms with van der Waals surface area (Å²) in [6.07, 6.45) is -2.11. The molecule has 1 amide bonds. The van der Waals surface area contributed by atoms with Crippen LogP contribution < -0.4 is 20.5 Å². The fourth-order valence-electron chi connectivity index (χ4n) is 2.69. The number of benzene rings is 1. The van der Waals surface area contributed by atoms with E-state index in [2.05, 4.69) is 5.32 Å². The van der Waals surface area contributed by atoms with E-state index in [1.807, 2.05) is 0 Å². The lowest BCUT2D eigenvalue weighted by Gasteiger charge is -2.14. The zero-order valence-electron chi connectivity index (χ0n) is 13.4. The highest BCUT2D eigenvalue weighted by molar-refractivity contribution is 5.79. The van der Waals surface area contributed by atoms with Crippen LogP contribution in [0.4, 0.5) is 13.2 Å². The van der Waals surface area contributed by atoms with Crippen molar-refractivity contribution in [3.8, 4) is 11.5 Å². The van der Waals surface area contributed by atoms with Crippen LogP contribution >= 0.6 is 0 Å². The van der Waals surface area contributed by atoms with E-state index in [0.29, 0.717) is 12.0 Å². The summed E-state index contributed by atoms with van der Waals surface area (Å²) in [5.74, 6) is 0.0659. The van der Waals surface area contributed by atoms with E-state index in [0.717, 1.165) is 12.8 Å². The molecule has 5 nitrogen and oxygen atoms in total. The lowest BCUT2D eigenvalue weighted by atomic mass is 10.1. The number of hydrogen-bond acceptors (Lipinski definition) is 4. The summed E-state index contributed by atoms with van der Waals surface area (Å²) >= 11 is 0. The van der Waals surface area contributed by atoms with E-state index in [9.17, 15) is 18.0 Å². The first-order valence-electron chi connectivity index (χ1n) is 7.68. The molecule has 2 atom stereocenters. The van der Waals surface area contributed by atoms with Crippen molar-refractivity contribution in [3.63, 3.8) is 0 Å². The third-order valence-corrected chi connectivity index (χ3v) is 3.93. The Morgan fingerprint density at radius 1 is 1.33 bits per heavy atom. The number of halogens is 3. The van der Waals surface area contributed by atoms with Crippen molar-refractivity contribution in [2.24, 2.45) is 11.7 Å². The van der Waals surface area contributed by atoms with E-state index >= 15 is 0 Å². The standard InChI is InChI=1S/C16H21F3N2O3/c1-23-14-6-10(2-5-13(14)24-9-16(17,18)19)8-21-15(22)11-3-4-12(20)7-11/h2,5-6,11-12H,3-4,7-9,20H2,1H3,(H,21,22). The largest absolute Gasteiger partial charge is 0.493 e. The number of alkyl halides is 3. The van der Waals surface area contributed by atoms with Crippen LogP contribution in [0.2, 0.25) is 0 Å². The Morgan fingerprint density at radius 2 is 2.08 bits per heavy atom. The zero-order valence-corrected chi connectivity index (χ0v) is 13.4. The normalized spacial score (nSPS) is 20.7. The maximum atomic E-state index is 12.2. The Morgan fingerprint density at radius 3 is 2.67 bits per heavy atom. The van der Waals surface area contributed by atoms with Gasteiger partial charge in [0.1, 0.15) is 0 Å². The predicted molar refractivity (Wildman–Crippen MR) is 81.7 cm³/mol. The molecular formula is C16H21F3N2O3. The van der Waals surface area contributed by atoms with Crippen LogP contribution in [-0.2, 0) is 11.3 Å². The fourth-order valence-corrected chi connectivity index (χ4v) is 2.69. The summed E-state index contributed by atoms with van der Waals surface area (Å²) in [5, 5.41) is 2.82. The van der Waals surface area contributed by atoms with E-state index in [4.69, 9.17) is 15.2 Å². The van der Waals surface area contributed by atoms with Gasteiger partial charge in [0.2, 0.25) is 5.91 Å². The lowest BCUT2D eigenvalue weighted by molar-refractivity contribution is -0.153. The first kappa shape index (κ1) is 18.4. The van der Waals surface area contributed by atoms with Gasteiger partial charge < -0.3 is 20.5 Å². The van der Waals surface area contributed by atoms with E-state index in [-0.39, 0.29) is 35.9 Å². The Balaban J connectivity index is 1.92. The highest BCUT2D eigenvalue weighted by Gasteiger charge is 2.29. The molecule has 0 radical (unpaired) electrons. The van der Waals surface area contributed by atoms with Crippen molar-refractivity contribution in [2.75, 3.05) is 13.7 Å². The molecule has 0 aromatic heterocycles. The molecule has 2 rings (SSSR count). The topological polar surface area (TPSA) is 73.6 Å². The average Bonchev–Trinajstić information content (AvgIpc) is 2.96. The fraction of sp³-hybridized carbons (Fsp3) is 0.562. The molecule has 0 heterocycles. The van der Waals surface area contributed by atoms with Crippen molar-refractivity contribution in [3.05, 3.63) is 23.8 Å². The van der Waals surface area contributed by atoms with Crippen molar-refractivity contribution in [1.29, 1.82) is 0 Å². The Kier molecular flexibility index (Phi) is 5.93. The smallest absolute Gasteiger partial charge is 0.422 e. The molecule has 1 aromatic rings. The highest BCUT2D eigenvalue weighted by Crippen LogP contribution is 2.30. The predicted octanol–water partition coefficient (Wildman–Crippen LogP) is 2.38. The van der Waals surface area contributed by atoms with Crippen molar-refractivity contribution in [1.82, 2.24) is 5.32 Å².